The second kappa shape index (κ2) is 21.0. The van der Waals surface area contributed by atoms with Crippen molar-refractivity contribution in [3.05, 3.63) is 71.8 Å². The van der Waals surface area contributed by atoms with Gasteiger partial charge in [0.15, 0.2) is 0 Å². The Balaban J connectivity index is 2.21. The first-order valence-electron chi connectivity index (χ1n) is 15.8. The number of ether oxygens (including phenoxy) is 5. The molecule has 15 heteroatoms. The molecular weight excluding hydrogens is 645 g/mol. The van der Waals surface area contributed by atoms with Gasteiger partial charge < -0.3 is 34.3 Å². The lowest BCUT2D eigenvalue weighted by Crippen LogP contribution is -2.38. The molecule has 14 nitrogen and oxygen atoms in total. The van der Waals surface area contributed by atoms with Crippen LogP contribution in [0.5, 0.6) is 0 Å². The molecule has 2 unspecified atom stereocenters. The van der Waals surface area contributed by atoms with Gasteiger partial charge in [0, 0.05) is 31.7 Å². The molecule has 2 aromatic rings. The van der Waals surface area contributed by atoms with Crippen molar-refractivity contribution in [1.82, 2.24) is 4.90 Å². The first-order valence-corrected chi connectivity index (χ1v) is 17.2. The minimum absolute atomic E-state index is 0.0154. The van der Waals surface area contributed by atoms with Gasteiger partial charge in [0.05, 0.1) is 19.8 Å². The Morgan fingerprint density at radius 2 is 1.19 bits per heavy atom. The van der Waals surface area contributed by atoms with Crippen LogP contribution in [0.25, 0.3) is 0 Å². The maximum Gasteiger partial charge on any atom is 0.510 e. The number of likely N-dealkylation sites (N-methyl/N-ethyl adjacent to an activating group) is 1. The van der Waals surface area contributed by atoms with E-state index in [0.717, 1.165) is 11.1 Å². The van der Waals surface area contributed by atoms with Crippen LogP contribution >= 0.6 is 7.75 Å². The van der Waals surface area contributed by atoms with Crippen LogP contribution in [-0.4, -0.2) is 75.1 Å². The smallest absolute Gasteiger partial charge is 0.464 e. The van der Waals surface area contributed by atoms with Gasteiger partial charge >= 0.3 is 26.0 Å². The van der Waals surface area contributed by atoms with Crippen molar-refractivity contribution in [2.45, 2.75) is 66.5 Å². The Labute approximate surface area is 282 Å². The predicted octanol–water partition coefficient (Wildman–Crippen LogP) is 6.08. The lowest BCUT2D eigenvalue weighted by molar-refractivity contribution is -0.143. The van der Waals surface area contributed by atoms with Crippen molar-refractivity contribution in [3.8, 4) is 0 Å². The molecule has 0 heterocycles. The zero-order valence-corrected chi connectivity index (χ0v) is 29.3. The van der Waals surface area contributed by atoms with Gasteiger partial charge in [0.25, 0.3) is 0 Å². The molecule has 0 aliphatic rings. The van der Waals surface area contributed by atoms with E-state index in [1.165, 1.54) is 11.9 Å². The van der Waals surface area contributed by atoms with E-state index in [1.807, 2.05) is 67.6 Å². The summed E-state index contributed by atoms with van der Waals surface area (Å²) in [6.45, 7) is 8.29. The Kier molecular flexibility index (Phi) is 17.5. The van der Waals surface area contributed by atoms with Crippen molar-refractivity contribution in [3.63, 3.8) is 0 Å². The molecule has 0 radical (unpaired) electrons. The highest BCUT2D eigenvalue weighted by molar-refractivity contribution is 7.52. The van der Waals surface area contributed by atoms with E-state index in [9.17, 15) is 18.9 Å². The van der Waals surface area contributed by atoms with Gasteiger partial charge in [-0.1, -0.05) is 95.3 Å². The van der Waals surface area contributed by atoms with E-state index in [1.54, 1.807) is 27.7 Å². The SMILES string of the molecule is CCCOC(=O)CN(C)C(N)=NP(=O)(OC(OC(=O)OCCc1ccccc1)C(C)C)OC(OC(=O)OCCc1ccccc1)C(C)C. The lowest BCUT2D eigenvalue weighted by atomic mass is 10.2. The van der Waals surface area contributed by atoms with Crippen LogP contribution in [0.2, 0.25) is 0 Å². The molecule has 2 N–H and O–H groups in total. The molecule has 0 aliphatic heterocycles. The molecule has 2 atom stereocenters. The van der Waals surface area contributed by atoms with Gasteiger partial charge in [-0.3, -0.25) is 4.79 Å². The molecule has 0 bridgehead atoms. The summed E-state index contributed by atoms with van der Waals surface area (Å²) in [6, 6.07) is 18.8. The largest absolute Gasteiger partial charge is 0.510 e. The van der Waals surface area contributed by atoms with Gasteiger partial charge in [-0.15, -0.1) is 4.76 Å². The molecule has 0 amide bonds. The molecule has 0 spiro atoms. The van der Waals surface area contributed by atoms with Gasteiger partial charge in [-0.25, -0.2) is 23.2 Å². The Bertz CT molecular complexity index is 1270. The molecule has 48 heavy (non-hydrogen) atoms. The number of hydrogen-bond acceptors (Lipinski definition) is 11. The normalized spacial score (nSPS) is 14.0. The van der Waals surface area contributed by atoms with Crippen molar-refractivity contribution >= 4 is 32.0 Å². The quantitative estimate of drug-likeness (QED) is 0.0448. The van der Waals surface area contributed by atoms with Crippen LogP contribution in [0.4, 0.5) is 9.59 Å². The monoisotopic (exact) mass is 693 g/mol. The van der Waals surface area contributed by atoms with E-state index in [2.05, 4.69) is 4.76 Å². The number of nitrogens with two attached hydrogens (primary N) is 1. The van der Waals surface area contributed by atoms with Gasteiger partial charge in [0.1, 0.15) is 6.54 Å². The number of rotatable bonds is 19. The van der Waals surface area contributed by atoms with Crippen LogP contribution in [0, 0.1) is 11.8 Å². The first kappa shape index (κ1) is 40.0. The molecule has 0 aliphatic carbocycles. The van der Waals surface area contributed by atoms with Crippen molar-refractivity contribution in [2.24, 2.45) is 22.3 Å². The van der Waals surface area contributed by atoms with E-state index < -0.39 is 56.4 Å². The maximum atomic E-state index is 14.3. The summed E-state index contributed by atoms with van der Waals surface area (Å²) in [7, 11) is -3.36. The summed E-state index contributed by atoms with van der Waals surface area (Å²) in [5, 5.41) is 0. The Morgan fingerprint density at radius 1 is 0.750 bits per heavy atom. The number of nitrogens with zero attached hydrogens (tertiary/aromatic N) is 2. The summed E-state index contributed by atoms with van der Waals surface area (Å²) in [5.74, 6) is -2.18. The number of esters is 1. The van der Waals surface area contributed by atoms with Crippen molar-refractivity contribution in [2.75, 3.05) is 33.4 Å². The van der Waals surface area contributed by atoms with E-state index in [0.29, 0.717) is 19.3 Å². The highest BCUT2D eigenvalue weighted by Crippen LogP contribution is 2.54. The van der Waals surface area contributed by atoms with Crippen LogP contribution < -0.4 is 5.73 Å². The van der Waals surface area contributed by atoms with Crippen LogP contribution in [-0.2, 0) is 54.9 Å². The van der Waals surface area contributed by atoms with Crippen LogP contribution in [0.1, 0.15) is 52.2 Å². The summed E-state index contributed by atoms with van der Waals surface area (Å²) in [6.07, 6.45) is -3.66. The molecule has 0 aromatic heterocycles. The minimum atomic E-state index is -4.77. The van der Waals surface area contributed by atoms with Gasteiger partial charge in [-0.2, -0.15) is 0 Å². The fourth-order valence-electron chi connectivity index (χ4n) is 3.68. The molecule has 2 rings (SSSR count). The second-order valence-electron chi connectivity index (χ2n) is 11.3. The minimum Gasteiger partial charge on any atom is -0.464 e. The van der Waals surface area contributed by atoms with Crippen LogP contribution in [0.3, 0.4) is 0 Å². The number of guanidine groups is 1. The van der Waals surface area contributed by atoms with Crippen molar-refractivity contribution in [1.29, 1.82) is 0 Å². The number of hydrogen-bond donors (Lipinski definition) is 1. The average molecular weight is 694 g/mol. The molecular formula is C33H48N3O11P. The maximum absolute atomic E-state index is 14.3. The summed E-state index contributed by atoms with van der Waals surface area (Å²) < 4.78 is 55.8. The van der Waals surface area contributed by atoms with Crippen molar-refractivity contribution < 1.29 is 51.7 Å². The summed E-state index contributed by atoms with van der Waals surface area (Å²) in [5.41, 5.74) is 8.00. The molecule has 0 saturated heterocycles. The molecule has 0 fully saturated rings. The average Bonchev–Trinajstić information content (AvgIpc) is 3.04. The van der Waals surface area contributed by atoms with Gasteiger partial charge in [0.2, 0.25) is 18.5 Å². The topological polar surface area (TPSA) is 175 Å². The number of carbonyl (C=O) groups excluding carboxylic acids is 3. The highest BCUT2D eigenvalue weighted by Gasteiger charge is 2.39. The van der Waals surface area contributed by atoms with Gasteiger partial charge in [-0.05, 0) is 17.5 Å². The van der Waals surface area contributed by atoms with E-state index in [4.69, 9.17) is 38.5 Å². The molecule has 0 saturated carbocycles. The first-order chi connectivity index (χ1) is 22.8. The molecule has 266 valence electrons. The van der Waals surface area contributed by atoms with E-state index >= 15 is 0 Å². The zero-order chi connectivity index (χ0) is 35.5. The number of carbonyl (C=O) groups is 3. The molecule has 2 aromatic carbocycles. The fourth-order valence-corrected chi connectivity index (χ4v) is 5.33. The Morgan fingerprint density at radius 3 is 1.58 bits per heavy atom. The second-order valence-corrected chi connectivity index (χ2v) is 12.9. The third-order valence-electron chi connectivity index (χ3n) is 6.34. The highest BCUT2D eigenvalue weighted by atomic mass is 31.2. The summed E-state index contributed by atoms with van der Waals surface area (Å²) >= 11 is 0. The standard InChI is InChI=1S/C33H48N3O11P/c1-7-20-41-28(37)23-36(6)31(34)35-48(40,46-29(24(2)3)44-32(38)42-21-18-26-14-10-8-11-15-26)47-30(25(4)5)45-33(39)43-22-19-27-16-12-9-13-17-27/h8-17,24-25,29-30H,7,18-23H2,1-6H3,(H2,34,35,40). The zero-order valence-electron chi connectivity index (χ0n) is 28.4. The van der Waals surface area contributed by atoms with Crippen LogP contribution in [0.15, 0.2) is 65.4 Å². The van der Waals surface area contributed by atoms with E-state index in [-0.39, 0.29) is 26.4 Å². The lowest BCUT2D eigenvalue weighted by Gasteiger charge is -2.28. The fraction of sp³-hybridized carbons (Fsp3) is 0.515. The summed E-state index contributed by atoms with van der Waals surface area (Å²) in [4.78, 5) is 38.5. The number of benzene rings is 2. The Hall–Kier alpha value is -4.13. The third kappa shape index (κ3) is 15.6. The predicted molar refractivity (Wildman–Crippen MR) is 178 cm³/mol. The third-order valence-corrected chi connectivity index (χ3v) is 7.74.